The van der Waals surface area contributed by atoms with Crippen LogP contribution in [0.1, 0.15) is 39.2 Å². The molecule has 1 heterocycles. The highest BCUT2D eigenvalue weighted by molar-refractivity contribution is 14.0. The number of rotatable bonds is 9. The molecule has 2 N–H and O–H groups in total. The molecule has 0 amide bonds. The van der Waals surface area contributed by atoms with Crippen LogP contribution in [0.2, 0.25) is 0 Å². The Labute approximate surface area is 182 Å². The molecule has 5 nitrogen and oxygen atoms in total. The predicted octanol–water partition coefficient (Wildman–Crippen LogP) is 3.67. The molecule has 154 valence electrons. The first-order chi connectivity index (χ1) is 12.6. The molecular formula is C21H37IN4O. The number of benzene rings is 1. The summed E-state index contributed by atoms with van der Waals surface area (Å²) in [5.41, 5.74) is 1.16. The van der Waals surface area contributed by atoms with E-state index in [1.165, 1.54) is 32.5 Å². The molecule has 1 fully saturated rings. The van der Waals surface area contributed by atoms with Crippen LogP contribution in [-0.4, -0.2) is 56.2 Å². The van der Waals surface area contributed by atoms with Gasteiger partial charge in [-0.05, 0) is 64.3 Å². The highest BCUT2D eigenvalue weighted by atomic mass is 127. The first-order valence-corrected chi connectivity index (χ1v) is 10.1. The van der Waals surface area contributed by atoms with Crippen LogP contribution in [0.25, 0.3) is 0 Å². The second kappa shape index (κ2) is 13.2. The molecule has 6 heteroatoms. The van der Waals surface area contributed by atoms with E-state index in [0.29, 0.717) is 12.5 Å². The summed E-state index contributed by atoms with van der Waals surface area (Å²) in [6.07, 6.45) is 2.56. The molecule has 2 atom stereocenters. The molecule has 2 rings (SSSR count). The van der Waals surface area contributed by atoms with Gasteiger partial charge in [-0.3, -0.25) is 0 Å². The number of aliphatic imine (C=N–C) groups is 1. The van der Waals surface area contributed by atoms with Gasteiger partial charge in [0.2, 0.25) is 0 Å². The molecule has 0 radical (unpaired) electrons. The summed E-state index contributed by atoms with van der Waals surface area (Å²) in [5.74, 6) is 2.54. The lowest BCUT2D eigenvalue weighted by atomic mass is 10.1. The van der Waals surface area contributed by atoms with Gasteiger partial charge in [-0.1, -0.05) is 25.1 Å². The summed E-state index contributed by atoms with van der Waals surface area (Å²) in [6.45, 7) is 14.6. The second-order valence-electron chi connectivity index (χ2n) is 7.25. The molecule has 1 aliphatic heterocycles. The SMILES string of the molecule is CCCN1CCC(CNC(=NCC(C)Oc2ccccc2C)NCC)C1.I. The minimum Gasteiger partial charge on any atom is -0.489 e. The number of ether oxygens (including phenoxy) is 1. The molecule has 0 saturated carbocycles. The Hall–Kier alpha value is -1.02. The maximum atomic E-state index is 6.02. The summed E-state index contributed by atoms with van der Waals surface area (Å²) in [5, 5.41) is 6.86. The largest absolute Gasteiger partial charge is 0.489 e. The fourth-order valence-electron chi connectivity index (χ4n) is 3.34. The van der Waals surface area contributed by atoms with E-state index in [-0.39, 0.29) is 30.1 Å². The minimum atomic E-state index is 0. The van der Waals surface area contributed by atoms with Gasteiger partial charge in [0.05, 0.1) is 6.54 Å². The second-order valence-corrected chi connectivity index (χ2v) is 7.25. The van der Waals surface area contributed by atoms with Crippen LogP contribution in [0.15, 0.2) is 29.3 Å². The molecule has 0 aromatic heterocycles. The van der Waals surface area contributed by atoms with Crippen molar-refractivity contribution in [3.8, 4) is 5.75 Å². The molecule has 1 aromatic rings. The van der Waals surface area contributed by atoms with Gasteiger partial charge in [-0.25, -0.2) is 4.99 Å². The Bertz CT molecular complexity index is 567. The smallest absolute Gasteiger partial charge is 0.191 e. The zero-order chi connectivity index (χ0) is 18.8. The van der Waals surface area contributed by atoms with E-state index in [9.17, 15) is 0 Å². The van der Waals surface area contributed by atoms with E-state index in [1.54, 1.807) is 0 Å². The lowest BCUT2D eigenvalue weighted by Crippen LogP contribution is -2.41. The van der Waals surface area contributed by atoms with Crippen molar-refractivity contribution in [3.63, 3.8) is 0 Å². The number of nitrogens with one attached hydrogen (secondary N) is 2. The van der Waals surface area contributed by atoms with Gasteiger partial charge in [0.15, 0.2) is 5.96 Å². The maximum absolute atomic E-state index is 6.02. The fraction of sp³-hybridized carbons (Fsp3) is 0.667. The quantitative estimate of drug-likeness (QED) is 0.317. The van der Waals surface area contributed by atoms with Crippen LogP contribution in [0.4, 0.5) is 0 Å². The fourth-order valence-corrected chi connectivity index (χ4v) is 3.34. The van der Waals surface area contributed by atoms with E-state index in [4.69, 9.17) is 9.73 Å². The minimum absolute atomic E-state index is 0. The molecule has 0 bridgehead atoms. The molecule has 1 aromatic carbocycles. The van der Waals surface area contributed by atoms with Crippen LogP contribution in [-0.2, 0) is 0 Å². The van der Waals surface area contributed by atoms with Crippen molar-refractivity contribution in [3.05, 3.63) is 29.8 Å². The van der Waals surface area contributed by atoms with Gasteiger partial charge in [0, 0.05) is 19.6 Å². The molecule has 1 aliphatic rings. The Morgan fingerprint density at radius 1 is 1.30 bits per heavy atom. The number of aryl methyl sites for hydroxylation is 1. The van der Waals surface area contributed by atoms with Crippen molar-refractivity contribution in [2.45, 2.75) is 46.6 Å². The van der Waals surface area contributed by atoms with Crippen LogP contribution < -0.4 is 15.4 Å². The van der Waals surface area contributed by atoms with Crippen molar-refractivity contribution in [2.75, 3.05) is 39.3 Å². The average molecular weight is 488 g/mol. The van der Waals surface area contributed by atoms with Gasteiger partial charge in [0.25, 0.3) is 0 Å². The van der Waals surface area contributed by atoms with Crippen LogP contribution in [0, 0.1) is 12.8 Å². The maximum Gasteiger partial charge on any atom is 0.191 e. The predicted molar refractivity (Wildman–Crippen MR) is 126 cm³/mol. The van der Waals surface area contributed by atoms with Crippen molar-refractivity contribution >= 4 is 29.9 Å². The third-order valence-electron chi connectivity index (χ3n) is 4.74. The first-order valence-electron chi connectivity index (χ1n) is 10.1. The third kappa shape index (κ3) is 8.68. The van der Waals surface area contributed by atoms with Gasteiger partial charge in [-0.2, -0.15) is 0 Å². The number of nitrogens with zero attached hydrogens (tertiary/aromatic N) is 2. The summed E-state index contributed by atoms with van der Waals surface area (Å²) < 4.78 is 6.02. The molecule has 0 aliphatic carbocycles. The Morgan fingerprint density at radius 3 is 2.78 bits per heavy atom. The topological polar surface area (TPSA) is 48.9 Å². The third-order valence-corrected chi connectivity index (χ3v) is 4.74. The Balaban J connectivity index is 0.00000364. The molecular weight excluding hydrogens is 451 g/mol. The number of guanidine groups is 1. The normalized spacial score (nSPS) is 18.7. The van der Waals surface area contributed by atoms with Crippen LogP contribution in [0.3, 0.4) is 0 Å². The number of hydrogen-bond acceptors (Lipinski definition) is 3. The molecule has 2 unspecified atom stereocenters. The van der Waals surface area contributed by atoms with E-state index >= 15 is 0 Å². The molecule has 1 saturated heterocycles. The van der Waals surface area contributed by atoms with E-state index in [2.05, 4.69) is 49.3 Å². The summed E-state index contributed by atoms with van der Waals surface area (Å²) >= 11 is 0. The number of para-hydroxylation sites is 1. The molecule has 0 spiro atoms. The van der Waals surface area contributed by atoms with Crippen molar-refractivity contribution in [1.82, 2.24) is 15.5 Å². The summed E-state index contributed by atoms with van der Waals surface area (Å²) in [7, 11) is 0. The zero-order valence-electron chi connectivity index (χ0n) is 17.3. The number of halogens is 1. The van der Waals surface area contributed by atoms with Gasteiger partial charge >= 0.3 is 0 Å². The van der Waals surface area contributed by atoms with Crippen LogP contribution in [0.5, 0.6) is 5.75 Å². The summed E-state index contributed by atoms with van der Waals surface area (Å²) in [6, 6.07) is 8.12. The van der Waals surface area contributed by atoms with Gasteiger partial charge < -0.3 is 20.3 Å². The Kier molecular flexibility index (Phi) is 11.7. The average Bonchev–Trinajstić information content (AvgIpc) is 3.07. The van der Waals surface area contributed by atoms with Crippen LogP contribution >= 0.6 is 24.0 Å². The van der Waals surface area contributed by atoms with Crippen molar-refractivity contribution in [1.29, 1.82) is 0 Å². The lowest BCUT2D eigenvalue weighted by Gasteiger charge is -2.18. The highest BCUT2D eigenvalue weighted by Gasteiger charge is 2.21. The first kappa shape index (κ1) is 24.0. The van der Waals surface area contributed by atoms with Crippen molar-refractivity contribution < 1.29 is 4.74 Å². The van der Waals surface area contributed by atoms with Gasteiger partial charge in [-0.15, -0.1) is 24.0 Å². The van der Waals surface area contributed by atoms with E-state index < -0.39 is 0 Å². The van der Waals surface area contributed by atoms with Gasteiger partial charge in [0.1, 0.15) is 11.9 Å². The van der Waals surface area contributed by atoms with Crippen molar-refractivity contribution in [2.24, 2.45) is 10.9 Å². The summed E-state index contributed by atoms with van der Waals surface area (Å²) in [4.78, 5) is 7.28. The van der Waals surface area contributed by atoms with E-state index in [0.717, 1.165) is 30.4 Å². The zero-order valence-corrected chi connectivity index (χ0v) is 19.7. The number of hydrogen-bond donors (Lipinski definition) is 2. The lowest BCUT2D eigenvalue weighted by molar-refractivity contribution is 0.228. The highest BCUT2D eigenvalue weighted by Crippen LogP contribution is 2.18. The molecule has 27 heavy (non-hydrogen) atoms. The Morgan fingerprint density at radius 2 is 2.07 bits per heavy atom. The number of likely N-dealkylation sites (tertiary alicyclic amines) is 1. The standard InChI is InChI=1S/C21H36N4O.HI/c1-5-12-25-13-11-19(16-25)15-24-21(22-6-2)23-14-18(4)26-20-10-8-7-9-17(20)3;/h7-10,18-19H,5-6,11-16H2,1-4H3,(H2,22,23,24);1H. The van der Waals surface area contributed by atoms with E-state index in [1.807, 2.05) is 18.2 Å². The monoisotopic (exact) mass is 488 g/mol.